The topological polar surface area (TPSA) is 49.4 Å². The number of thioether (sulfide) groups is 1. The van der Waals surface area contributed by atoms with Gasteiger partial charge in [0, 0.05) is 22.8 Å². The molecule has 1 unspecified atom stereocenters. The van der Waals surface area contributed by atoms with Crippen LogP contribution in [0.4, 0.5) is 20.2 Å². The molecule has 142 valence electrons. The van der Waals surface area contributed by atoms with Gasteiger partial charge >= 0.3 is 0 Å². The van der Waals surface area contributed by atoms with E-state index in [1.54, 1.807) is 17.0 Å². The van der Waals surface area contributed by atoms with Crippen LogP contribution in [0.15, 0.2) is 47.4 Å². The Morgan fingerprint density at radius 1 is 1.15 bits per heavy atom. The zero-order valence-electron chi connectivity index (χ0n) is 15.0. The number of anilines is 2. The largest absolute Gasteiger partial charge is 0.325 e. The standard InChI is InChI=1S/C20H20F2N2O2S/c1-12-3-6-15(11-13(12)2)24-10-9-17(19(24)26)18(25)23-14-4-7-16(8-5-14)27-20(21)22/h3-8,11,17,20H,9-10H2,1-2H3,(H,23,25). The summed E-state index contributed by atoms with van der Waals surface area (Å²) in [6, 6.07) is 12.0. The Kier molecular flexibility index (Phi) is 5.79. The lowest BCUT2D eigenvalue weighted by molar-refractivity contribution is -0.129. The summed E-state index contributed by atoms with van der Waals surface area (Å²) in [5, 5.41) is 2.70. The monoisotopic (exact) mass is 390 g/mol. The minimum atomic E-state index is -2.49. The molecular weight excluding hydrogens is 370 g/mol. The van der Waals surface area contributed by atoms with Gasteiger partial charge in [-0.15, -0.1) is 0 Å². The van der Waals surface area contributed by atoms with Crippen molar-refractivity contribution in [3.8, 4) is 0 Å². The average Bonchev–Trinajstić information content (AvgIpc) is 3.00. The highest BCUT2D eigenvalue weighted by Crippen LogP contribution is 2.29. The van der Waals surface area contributed by atoms with E-state index < -0.39 is 11.7 Å². The first-order valence-corrected chi connectivity index (χ1v) is 9.47. The smallest absolute Gasteiger partial charge is 0.288 e. The number of alkyl halides is 2. The summed E-state index contributed by atoms with van der Waals surface area (Å²) >= 11 is 0.445. The Balaban J connectivity index is 1.65. The SMILES string of the molecule is Cc1ccc(N2CCC(C(=O)Nc3ccc(SC(F)F)cc3)C2=O)cc1C. The Hall–Kier alpha value is -2.41. The second kappa shape index (κ2) is 8.08. The third-order valence-electron chi connectivity index (χ3n) is 4.67. The van der Waals surface area contributed by atoms with Gasteiger partial charge in [0.2, 0.25) is 11.8 Å². The van der Waals surface area contributed by atoms with E-state index in [1.807, 2.05) is 32.0 Å². The van der Waals surface area contributed by atoms with E-state index in [-0.39, 0.29) is 11.8 Å². The molecule has 2 aromatic carbocycles. The number of amides is 2. The molecule has 27 heavy (non-hydrogen) atoms. The third kappa shape index (κ3) is 4.47. The van der Waals surface area contributed by atoms with Crippen LogP contribution in [0, 0.1) is 19.8 Å². The summed E-state index contributed by atoms with van der Waals surface area (Å²) < 4.78 is 24.7. The van der Waals surface area contributed by atoms with Crippen LogP contribution < -0.4 is 10.2 Å². The zero-order valence-corrected chi connectivity index (χ0v) is 15.9. The van der Waals surface area contributed by atoms with Gasteiger partial charge in [0.05, 0.1) is 0 Å². The molecule has 2 aromatic rings. The van der Waals surface area contributed by atoms with Gasteiger partial charge in [-0.3, -0.25) is 9.59 Å². The Morgan fingerprint density at radius 2 is 1.85 bits per heavy atom. The minimum absolute atomic E-state index is 0.222. The molecule has 1 saturated heterocycles. The van der Waals surface area contributed by atoms with Crippen LogP contribution in [0.3, 0.4) is 0 Å². The maximum absolute atomic E-state index is 12.7. The number of carbonyl (C=O) groups excluding carboxylic acids is 2. The Labute approximate surface area is 160 Å². The van der Waals surface area contributed by atoms with Crippen LogP contribution in [0.5, 0.6) is 0 Å². The highest BCUT2D eigenvalue weighted by molar-refractivity contribution is 7.99. The number of nitrogens with one attached hydrogen (secondary N) is 1. The molecule has 4 nitrogen and oxygen atoms in total. The van der Waals surface area contributed by atoms with Crippen LogP contribution in [-0.2, 0) is 9.59 Å². The lowest BCUT2D eigenvalue weighted by Gasteiger charge is -2.18. The van der Waals surface area contributed by atoms with Gasteiger partial charge in [-0.2, -0.15) is 8.78 Å². The molecule has 1 aliphatic rings. The van der Waals surface area contributed by atoms with E-state index in [1.165, 1.54) is 12.1 Å². The lowest BCUT2D eigenvalue weighted by atomic mass is 10.1. The van der Waals surface area contributed by atoms with Crippen molar-refractivity contribution >= 4 is 35.0 Å². The van der Waals surface area contributed by atoms with Gasteiger partial charge in [-0.25, -0.2) is 0 Å². The third-order valence-corrected chi connectivity index (χ3v) is 5.39. The van der Waals surface area contributed by atoms with Crippen molar-refractivity contribution in [2.24, 2.45) is 5.92 Å². The molecule has 1 aliphatic heterocycles. The average molecular weight is 390 g/mol. The molecule has 0 bridgehead atoms. The molecule has 1 fully saturated rings. The molecule has 3 rings (SSSR count). The Bertz CT molecular complexity index is 856. The van der Waals surface area contributed by atoms with Gasteiger partial charge < -0.3 is 10.2 Å². The quantitative estimate of drug-likeness (QED) is 0.599. The lowest BCUT2D eigenvalue weighted by Crippen LogP contribution is -2.33. The molecule has 1 N–H and O–H groups in total. The van der Waals surface area contributed by atoms with Crippen LogP contribution in [0.25, 0.3) is 0 Å². The number of rotatable bonds is 5. The highest BCUT2D eigenvalue weighted by atomic mass is 32.2. The first-order valence-electron chi connectivity index (χ1n) is 8.59. The molecule has 7 heteroatoms. The van der Waals surface area contributed by atoms with Gasteiger partial charge in [-0.05, 0) is 67.8 Å². The number of nitrogens with zero attached hydrogens (tertiary/aromatic N) is 1. The van der Waals surface area contributed by atoms with Gasteiger partial charge in [0.25, 0.3) is 5.76 Å². The van der Waals surface area contributed by atoms with Crippen molar-refractivity contribution in [1.29, 1.82) is 0 Å². The van der Waals surface area contributed by atoms with Gasteiger partial charge in [0.15, 0.2) is 0 Å². The van der Waals surface area contributed by atoms with Crippen molar-refractivity contribution in [1.82, 2.24) is 0 Å². The summed E-state index contributed by atoms with van der Waals surface area (Å²) in [5.74, 6) is -3.83. The van der Waals surface area contributed by atoms with E-state index in [0.717, 1.165) is 16.8 Å². The summed E-state index contributed by atoms with van der Waals surface area (Å²) in [4.78, 5) is 27.2. The molecule has 0 aliphatic carbocycles. The molecule has 0 spiro atoms. The van der Waals surface area contributed by atoms with Crippen LogP contribution in [-0.4, -0.2) is 24.1 Å². The van der Waals surface area contributed by atoms with E-state index >= 15 is 0 Å². The fraction of sp³-hybridized carbons (Fsp3) is 0.300. The predicted octanol–water partition coefficient (Wildman–Crippen LogP) is 4.61. The highest BCUT2D eigenvalue weighted by Gasteiger charge is 2.37. The van der Waals surface area contributed by atoms with E-state index in [0.29, 0.717) is 35.3 Å². The molecule has 2 amide bonds. The number of benzene rings is 2. The van der Waals surface area contributed by atoms with Crippen molar-refractivity contribution in [3.63, 3.8) is 0 Å². The molecule has 0 radical (unpaired) electrons. The zero-order chi connectivity index (χ0) is 19.6. The summed E-state index contributed by atoms with van der Waals surface area (Å²) in [5.41, 5.74) is 3.52. The molecule has 0 aromatic heterocycles. The van der Waals surface area contributed by atoms with E-state index in [4.69, 9.17) is 0 Å². The normalized spacial score (nSPS) is 16.9. The van der Waals surface area contributed by atoms with Gasteiger partial charge in [0.1, 0.15) is 5.92 Å². The minimum Gasteiger partial charge on any atom is -0.325 e. The second-order valence-corrected chi connectivity index (χ2v) is 7.56. The fourth-order valence-electron chi connectivity index (χ4n) is 3.02. The number of halogens is 2. The number of aryl methyl sites for hydroxylation is 2. The molecule has 1 atom stereocenters. The van der Waals surface area contributed by atoms with E-state index in [2.05, 4.69) is 5.32 Å². The van der Waals surface area contributed by atoms with Crippen molar-refractivity contribution in [2.45, 2.75) is 30.9 Å². The van der Waals surface area contributed by atoms with Crippen molar-refractivity contribution in [3.05, 3.63) is 53.6 Å². The summed E-state index contributed by atoms with van der Waals surface area (Å²) in [7, 11) is 0. The maximum atomic E-state index is 12.7. The number of hydrogen-bond acceptors (Lipinski definition) is 3. The van der Waals surface area contributed by atoms with Crippen LogP contribution in [0.2, 0.25) is 0 Å². The summed E-state index contributed by atoms with van der Waals surface area (Å²) in [6.07, 6.45) is 0.441. The van der Waals surface area contributed by atoms with Crippen molar-refractivity contribution < 1.29 is 18.4 Å². The number of hydrogen-bond donors (Lipinski definition) is 1. The van der Waals surface area contributed by atoms with E-state index in [9.17, 15) is 18.4 Å². The van der Waals surface area contributed by atoms with Crippen LogP contribution >= 0.6 is 11.8 Å². The molecule has 0 saturated carbocycles. The van der Waals surface area contributed by atoms with Crippen molar-refractivity contribution in [2.75, 3.05) is 16.8 Å². The molecule has 1 heterocycles. The number of carbonyl (C=O) groups is 2. The predicted molar refractivity (Wildman–Crippen MR) is 103 cm³/mol. The maximum Gasteiger partial charge on any atom is 0.288 e. The Morgan fingerprint density at radius 3 is 2.48 bits per heavy atom. The van der Waals surface area contributed by atoms with Crippen LogP contribution in [0.1, 0.15) is 17.5 Å². The molecular formula is C20H20F2N2O2S. The first kappa shape index (κ1) is 19.4. The fourth-order valence-corrected chi connectivity index (χ4v) is 3.52. The van der Waals surface area contributed by atoms with Gasteiger partial charge in [-0.1, -0.05) is 17.8 Å². The first-order chi connectivity index (χ1) is 12.8. The second-order valence-electron chi connectivity index (χ2n) is 6.49. The summed E-state index contributed by atoms with van der Waals surface area (Å²) in [6.45, 7) is 4.48.